The molecule has 0 bridgehead atoms. The number of methoxy groups -OCH3 is 1. The molecule has 13 nitrogen and oxygen atoms in total. The lowest BCUT2D eigenvalue weighted by molar-refractivity contribution is 0.207. The summed E-state index contributed by atoms with van der Waals surface area (Å²) in [6.07, 6.45) is 6.37. The van der Waals surface area contributed by atoms with E-state index < -0.39 is 11.1 Å². The van der Waals surface area contributed by atoms with Crippen LogP contribution in [0.25, 0.3) is 55.4 Å². The number of hydrogen-bond donors (Lipinski definition) is 3. The van der Waals surface area contributed by atoms with E-state index in [0.29, 0.717) is 49.3 Å². The Bertz CT molecular complexity index is 2900. The molecule has 5 aromatic heterocycles. The minimum absolute atomic E-state index is 0.0808. The van der Waals surface area contributed by atoms with Crippen molar-refractivity contribution in [3.63, 3.8) is 0 Å². The van der Waals surface area contributed by atoms with Gasteiger partial charge < -0.3 is 25.7 Å². The topological polar surface area (TPSA) is 190 Å². The first-order valence-electron chi connectivity index (χ1n) is 19.8. The number of nitrogens with one attached hydrogen (secondary N) is 2. The van der Waals surface area contributed by atoms with Crippen molar-refractivity contribution in [2.24, 2.45) is 5.73 Å². The molecule has 9 aromatic rings. The van der Waals surface area contributed by atoms with Gasteiger partial charge in [-0.1, -0.05) is 97.1 Å². The van der Waals surface area contributed by atoms with Crippen molar-refractivity contribution in [1.82, 2.24) is 34.9 Å². The summed E-state index contributed by atoms with van der Waals surface area (Å²) in [5.74, 6) is 1.73. The lowest BCUT2D eigenvalue weighted by Crippen LogP contribution is -2.06. The molecule has 0 fully saturated rings. The van der Waals surface area contributed by atoms with E-state index in [4.69, 9.17) is 27.3 Å². The molecule has 4 aromatic carbocycles. The number of nitrogens with zero attached hydrogens (tertiary/aromatic N) is 7. The second-order valence-corrected chi connectivity index (χ2v) is 14.9. The fourth-order valence-electron chi connectivity index (χ4n) is 6.54. The van der Waals surface area contributed by atoms with Crippen molar-refractivity contribution in [2.45, 2.75) is 18.0 Å². The summed E-state index contributed by atoms with van der Waals surface area (Å²) in [5.41, 5.74) is 13.1. The number of halogens is 1. The Labute approximate surface area is 372 Å². The zero-order chi connectivity index (χ0) is 43.8. The van der Waals surface area contributed by atoms with Crippen molar-refractivity contribution in [2.75, 3.05) is 30.9 Å². The minimum atomic E-state index is -2.39. The monoisotopic (exact) mass is 873 g/mol. The molecule has 15 heteroatoms. The fourth-order valence-corrected chi connectivity index (χ4v) is 7.09. The second kappa shape index (κ2) is 22.1. The third-order valence-corrected chi connectivity index (χ3v) is 10.2. The smallest absolute Gasteiger partial charge is 0.224 e. The number of ether oxygens (including phenoxy) is 1. The average molecular weight is 874 g/mol. The van der Waals surface area contributed by atoms with Crippen molar-refractivity contribution < 1.29 is 13.5 Å². The first kappa shape index (κ1) is 44.0. The Morgan fingerprint density at radius 2 is 1.17 bits per heavy atom. The zero-order valence-electron chi connectivity index (χ0n) is 34.1. The van der Waals surface area contributed by atoms with Crippen LogP contribution in [0.2, 0.25) is 5.28 Å². The maximum Gasteiger partial charge on any atom is 0.224 e. The highest BCUT2D eigenvalue weighted by Gasteiger charge is 2.16. The van der Waals surface area contributed by atoms with Crippen LogP contribution >= 0.6 is 11.6 Å². The van der Waals surface area contributed by atoms with E-state index in [-0.39, 0.29) is 10.2 Å². The highest BCUT2D eigenvalue weighted by molar-refractivity contribution is 7.79. The number of fused-ring (bicyclic) bond motifs is 2. The van der Waals surface area contributed by atoms with Crippen molar-refractivity contribution >= 4 is 56.1 Å². The Hall–Kier alpha value is -7.07. The van der Waals surface area contributed by atoms with Gasteiger partial charge in [-0.15, -0.1) is 0 Å². The summed E-state index contributed by atoms with van der Waals surface area (Å²) in [4.78, 5) is 31.2. The van der Waals surface area contributed by atoms with Crippen LogP contribution in [0.5, 0.6) is 0 Å². The van der Waals surface area contributed by atoms with Gasteiger partial charge in [-0.05, 0) is 87.4 Å². The minimum Gasteiger partial charge on any atom is -0.768 e. The van der Waals surface area contributed by atoms with E-state index in [1.54, 1.807) is 25.7 Å². The summed E-state index contributed by atoms with van der Waals surface area (Å²) in [6, 6.07) is 45.2. The number of rotatable bonds is 12. The van der Waals surface area contributed by atoms with Crippen LogP contribution < -0.4 is 16.4 Å². The molecule has 4 N–H and O–H groups in total. The summed E-state index contributed by atoms with van der Waals surface area (Å²) < 4.78 is 27.4. The number of nitrogens with two attached hydrogens (primary N) is 1. The quantitative estimate of drug-likeness (QED) is 0.0779. The predicted octanol–water partition coefficient (Wildman–Crippen LogP) is 9.15. The summed E-state index contributed by atoms with van der Waals surface area (Å²) in [5, 5.41) is 8.81. The third kappa shape index (κ3) is 11.7. The van der Waals surface area contributed by atoms with E-state index in [9.17, 15) is 8.76 Å². The molecule has 1 unspecified atom stereocenters. The number of anilines is 2. The van der Waals surface area contributed by atoms with Gasteiger partial charge in [0.25, 0.3) is 0 Å². The van der Waals surface area contributed by atoms with E-state index >= 15 is 0 Å². The molecule has 0 aliphatic heterocycles. The van der Waals surface area contributed by atoms with Crippen molar-refractivity contribution in [3.8, 4) is 33.6 Å². The molecule has 1 atom stereocenters. The Morgan fingerprint density at radius 1 is 0.635 bits per heavy atom. The van der Waals surface area contributed by atoms with E-state index in [1.165, 1.54) is 12.3 Å². The molecule has 0 saturated carbocycles. The van der Waals surface area contributed by atoms with Crippen LogP contribution in [-0.2, 0) is 28.9 Å². The second-order valence-electron chi connectivity index (χ2n) is 13.6. The maximum atomic E-state index is 11.4. The van der Waals surface area contributed by atoms with Crippen LogP contribution in [0, 0.1) is 0 Å². The lowest BCUT2D eigenvalue weighted by Gasteiger charge is -2.15. The highest BCUT2D eigenvalue weighted by atomic mass is 35.5. The normalized spacial score (nSPS) is 11.2. The highest BCUT2D eigenvalue weighted by Crippen LogP contribution is 2.35. The molecular formula is C48H42ClN10O3S-. The van der Waals surface area contributed by atoms with Gasteiger partial charge in [-0.2, -0.15) is 0 Å². The molecule has 5 heterocycles. The Morgan fingerprint density at radius 3 is 1.67 bits per heavy atom. The number of pyridine rings is 3. The molecule has 316 valence electrons. The fraction of sp³-hybridized carbons (Fsp3) is 0.104. The van der Waals surface area contributed by atoms with Gasteiger partial charge in [-0.25, -0.2) is 19.9 Å². The first-order chi connectivity index (χ1) is 30.9. The van der Waals surface area contributed by atoms with Crippen LogP contribution in [0.15, 0.2) is 169 Å². The van der Waals surface area contributed by atoms with Gasteiger partial charge in [0.05, 0.1) is 52.9 Å². The van der Waals surface area contributed by atoms with Crippen LogP contribution in [0.1, 0.15) is 11.4 Å². The van der Waals surface area contributed by atoms with Gasteiger partial charge >= 0.3 is 0 Å². The summed E-state index contributed by atoms with van der Waals surface area (Å²) >= 11 is 3.73. The molecular weight excluding hydrogens is 832 g/mol. The van der Waals surface area contributed by atoms with Crippen LogP contribution in [0.4, 0.5) is 11.6 Å². The summed E-state index contributed by atoms with van der Waals surface area (Å²) in [6.45, 7) is 2.32. The van der Waals surface area contributed by atoms with Gasteiger partial charge in [0, 0.05) is 48.9 Å². The Balaban J connectivity index is 0.000000176. The Kier molecular flexibility index (Phi) is 15.5. The molecule has 0 saturated heterocycles. The van der Waals surface area contributed by atoms with Gasteiger partial charge in [0.2, 0.25) is 5.28 Å². The molecule has 0 aliphatic rings. The van der Waals surface area contributed by atoms with Crippen molar-refractivity contribution in [3.05, 3.63) is 181 Å². The van der Waals surface area contributed by atoms with Crippen molar-refractivity contribution in [1.29, 1.82) is 0 Å². The van der Waals surface area contributed by atoms with E-state index in [0.717, 1.165) is 55.4 Å². The van der Waals surface area contributed by atoms with E-state index in [2.05, 4.69) is 58.5 Å². The first-order valence-corrected chi connectivity index (χ1v) is 21.3. The van der Waals surface area contributed by atoms with Crippen LogP contribution in [-0.4, -0.2) is 63.9 Å². The van der Waals surface area contributed by atoms with Gasteiger partial charge in [-0.3, -0.25) is 19.2 Å². The molecule has 0 radical (unpaired) electrons. The predicted molar refractivity (Wildman–Crippen MR) is 249 cm³/mol. The van der Waals surface area contributed by atoms with Crippen LogP contribution in [0.3, 0.4) is 0 Å². The maximum absolute atomic E-state index is 11.4. The van der Waals surface area contributed by atoms with Gasteiger partial charge in [0.15, 0.2) is 5.82 Å². The molecule has 0 aliphatic carbocycles. The summed E-state index contributed by atoms with van der Waals surface area (Å²) in [7, 11) is 1.63. The number of hydrogen-bond acceptors (Lipinski definition) is 13. The van der Waals surface area contributed by atoms with Gasteiger partial charge in [0.1, 0.15) is 11.6 Å². The lowest BCUT2D eigenvalue weighted by atomic mass is 10.0. The SMILES string of the molecule is COCCN.Clc1nc(NCc2ccccn2)c2c(-c3ccccc3)cccc2n1.O=S([O-])c1cncc(-c2nc(NCc3ccccn3)c3c(-c4ccccc4)cccc3n2)c1. The molecule has 9 rings (SSSR count). The number of benzene rings is 4. The average Bonchev–Trinajstić information content (AvgIpc) is 3.34. The molecule has 0 amide bonds. The molecule has 0 spiro atoms. The largest absolute Gasteiger partial charge is 0.768 e. The zero-order valence-corrected chi connectivity index (χ0v) is 35.7. The third-order valence-electron chi connectivity index (χ3n) is 9.40. The molecule has 63 heavy (non-hydrogen) atoms. The number of aromatic nitrogens is 7. The standard InChI is InChI=1S/C25H19N5O2S.C20H15ClN4.C3H9NO/c31-33(32)20-13-18(14-26-16-20)24-29-22-11-6-10-21(17-7-2-1-3-8-17)23(22)25(30-24)28-15-19-9-4-5-12-27-19;21-20-24-17-11-6-10-16(14-7-2-1-3-8-14)18(17)19(25-20)23-13-15-9-4-5-12-22-15;1-5-3-2-4/h1-14,16H,15H2,(H,31,32)(H,28,29,30);1-12H,13H2,(H,23,24,25);2-4H2,1H3/p-1. The van der Waals surface area contributed by atoms with E-state index in [1.807, 2.05) is 115 Å².